The van der Waals surface area contributed by atoms with Crippen molar-refractivity contribution in [2.24, 2.45) is 5.92 Å². The Morgan fingerprint density at radius 1 is 1.00 bits per heavy atom. The fourth-order valence-corrected chi connectivity index (χ4v) is 1.70. The molecule has 0 bridgehead atoms. The van der Waals surface area contributed by atoms with Crippen molar-refractivity contribution < 1.29 is 9.47 Å². The van der Waals surface area contributed by atoms with Crippen molar-refractivity contribution >= 4 is 0 Å². The Balaban J connectivity index is 0. The van der Waals surface area contributed by atoms with Crippen molar-refractivity contribution in [3.8, 4) is 5.75 Å². The van der Waals surface area contributed by atoms with E-state index in [0.29, 0.717) is 11.8 Å². The largest absolute Gasteiger partial charge is 0.465 e. The van der Waals surface area contributed by atoms with Gasteiger partial charge in [0, 0.05) is 13.0 Å². The molecule has 0 spiro atoms. The van der Waals surface area contributed by atoms with Crippen molar-refractivity contribution in [3.05, 3.63) is 29.8 Å². The number of rotatable bonds is 6. The summed E-state index contributed by atoms with van der Waals surface area (Å²) in [4.78, 5) is 0. The Hall–Kier alpha value is -1.02. The normalized spacial score (nSPS) is 13.2. The average Bonchev–Trinajstić information content (AvgIpc) is 2.35. The van der Waals surface area contributed by atoms with Crippen molar-refractivity contribution in [2.75, 3.05) is 7.11 Å². The minimum absolute atomic E-state index is 0. The minimum atomic E-state index is -0.176. The van der Waals surface area contributed by atoms with Crippen LogP contribution < -0.4 is 4.74 Å². The first-order valence-electron chi connectivity index (χ1n) is 6.37. The molecule has 0 heterocycles. The zero-order chi connectivity index (χ0) is 12.8. The van der Waals surface area contributed by atoms with Crippen LogP contribution in [0.1, 0.15) is 60.5 Å². The van der Waals surface area contributed by atoms with Gasteiger partial charge in [-0.3, -0.25) is 0 Å². The molecule has 19 heavy (non-hydrogen) atoms. The molecule has 0 amide bonds. The SMILES string of the molecule is C.C.CCC(C)c1ccc(OC(OC)C(C)C)cc1. The fraction of sp³-hybridized carbons (Fsp3) is 0.647. The van der Waals surface area contributed by atoms with Crippen LogP contribution in [-0.4, -0.2) is 13.4 Å². The average molecular weight is 268 g/mol. The quantitative estimate of drug-likeness (QED) is 0.636. The molecule has 0 aliphatic heterocycles. The van der Waals surface area contributed by atoms with Crippen LogP contribution >= 0.6 is 0 Å². The van der Waals surface area contributed by atoms with Gasteiger partial charge in [-0.15, -0.1) is 0 Å². The predicted octanol–water partition coefficient (Wildman–Crippen LogP) is 5.48. The first-order chi connectivity index (χ1) is 8.08. The lowest BCUT2D eigenvalue weighted by molar-refractivity contribution is -0.0833. The number of ether oxygens (including phenoxy) is 2. The van der Waals surface area contributed by atoms with Crippen LogP contribution in [0.4, 0.5) is 0 Å². The van der Waals surface area contributed by atoms with Crippen LogP contribution in [-0.2, 0) is 4.74 Å². The van der Waals surface area contributed by atoms with E-state index in [-0.39, 0.29) is 21.1 Å². The van der Waals surface area contributed by atoms with Gasteiger partial charge in [-0.2, -0.15) is 0 Å². The second-order valence-corrected chi connectivity index (χ2v) is 4.84. The highest BCUT2D eigenvalue weighted by atomic mass is 16.7. The van der Waals surface area contributed by atoms with E-state index in [9.17, 15) is 0 Å². The predicted molar refractivity (Wildman–Crippen MR) is 84.9 cm³/mol. The summed E-state index contributed by atoms with van der Waals surface area (Å²) in [5.41, 5.74) is 1.36. The summed E-state index contributed by atoms with van der Waals surface area (Å²) in [5.74, 6) is 1.82. The highest BCUT2D eigenvalue weighted by Crippen LogP contribution is 2.23. The van der Waals surface area contributed by atoms with Gasteiger partial charge in [0.05, 0.1) is 0 Å². The molecule has 112 valence electrons. The standard InChI is InChI=1S/C15H24O2.2CH4/c1-6-12(4)13-7-9-14(10-8-13)17-15(16-5)11(2)3;;/h7-12,15H,6H2,1-5H3;2*1H4. The smallest absolute Gasteiger partial charge is 0.201 e. The number of benzene rings is 1. The van der Waals surface area contributed by atoms with Gasteiger partial charge < -0.3 is 9.47 Å². The molecule has 1 rings (SSSR count). The molecule has 2 nitrogen and oxygen atoms in total. The van der Waals surface area contributed by atoms with E-state index >= 15 is 0 Å². The molecule has 0 fully saturated rings. The number of methoxy groups -OCH3 is 1. The number of hydrogen-bond donors (Lipinski definition) is 0. The highest BCUT2D eigenvalue weighted by molar-refractivity contribution is 5.29. The molecule has 0 aliphatic carbocycles. The Morgan fingerprint density at radius 2 is 1.53 bits per heavy atom. The van der Waals surface area contributed by atoms with Crippen LogP contribution in [0.2, 0.25) is 0 Å². The van der Waals surface area contributed by atoms with Gasteiger partial charge in [0.2, 0.25) is 6.29 Å². The summed E-state index contributed by atoms with van der Waals surface area (Å²) in [6.07, 6.45) is 0.983. The van der Waals surface area contributed by atoms with Crippen LogP contribution in [0.15, 0.2) is 24.3 Å². The molecule has 0 saturated carbocycles. The summed E-state index contributed by atoms with van der Waals surface area (Å²) < 4.78 is 11.1. The van der Waals surface area contributed by atoms with Gasteiger partial charge in [-0.1, -0.05) is 54.7 Å². The van der Waals surface area contributed by atoms with Crippen LogP contribution in [0.5, 0.6) is 5.75 Å². The molecule has 2 atom stereocenters. The molecule has 0 aromatic heterocycles. The Labute approximate surface area is 120 Å². The third-order valence-corrected chi connectivity index (χ3v) is 3.09. The van der Waals surface area contributed by atoms with E-state index in [4.69, 9.17) is 9.47 Å². The fourth-order valence-electron chi connectivity index (χ4n) is 1.70. The molecule has 0 N–H and O–H groups in total. The molecular formula is C17H32O2. The van der Waals surface area contributed by atoms with Crippen molar-refractivity contribution in [2.45, 2.75) is 61.2 Å². The summed E-state index contributed by atoms with van der Waals surface area (Å²) >= 11 is 0. The maximum absolute atomic E-state index is 5.77. The maximum Gasteiger partial charge on any atom is 0.201 e. The van der Waals surface area contributed by atoms with Crippen LogP contribution in [0.25, 0.3) is 0 Å². The van der Waals surface area contributed by atoms with Gasteiger partial charge in [-0.25, -0.2) is 0 Å². The first kappa shape index (κ1) is 20.3. The van der Waals surface area contributed by atoms with E-state index in [1.165, 1.54) is 5.56 Å². The lowest BCUT2D eigenvalue weighted by Gasteiger charge is -2.21. The Morgan fingerprint density at radius 3 is 1.89 bits per heavy atom. The lowest BCUT2D eigenvalue weighted by atomic mass is 9.99. The Kier molecular flexibility index (Phi) is 10.5. The highest BCUT2D eigenvalue weighted by Gasteiger charge is 2.13. The van der Waals surface area contributed by atoms with Crippen LogP contribution in [0, 0.1) is 5.92 Å². The molecule has 0 saturated heterocycles. The maximum atomic E-state index is 5.77. The summed E-state index contributed by atoms with van der Waals surface area (Å²) in [7, 11) is 1.68. The zero-order valence-electron chi connectivity index (χ0n) is 11.6. The second kappa shape index (κ2) is 9.85. The van der Waals surface area contributed by atoms with E-state index in [1.807, 2.05) is 12.1 Å². The van der Waals surface area contributed by atoms with Gasteiger partial charge in [0.1, 0.15) is 5.75 Å². The van der Waals surface area contributed by atoms with Gasteiger partial charge >= 0.3 is 0 Å². The summed E-state index contributed by atoms with van der Waals surface area (Å²) in [6.45, 7) is 8.61. The van der Waals surface area contributed by atoms with E-state index in [1.54, 1.807) is 7.11 Å². The third-order valence-electron chi connectivity index (χ3n) is 3.09. The van der Waals surface area contributed by atoms with Crippen molar-refractivity contribution in [1.29, 1.82) is 0 Å². The van der Waals surface area contributed by atoms with Crippen molar-refractivity contribution in [3.63, 3.8) is 0 Å². The van der Waals surface area contributed by atoms with E-state index in [2.05, 4.69) is 39.8 Å². The molecule has 2 unspecified atom stereocenters. The van der Waals surface area contributed by atoms with Gasteiger partial charge in [0.25, 0.3) is 0 Å². The zero-order valence-corrected chi connectivity index (χ0v) is 11.6. The molecule has 1 aromatic rings. The molecule has 0 radical (unpaired) electrons. The van der Waals surface area contributed by atoms with Crippen LogP contribution in [0.3, 0.4) is 0 Å². The van der Waals surface area contributed by atoms with Gasteiger partial charge in [-0.05, 0) is 30.0 Å². The first-order valence-corrected chi connectivity index (χ1v) is 6.37. The Bertz CT molecular complexity index is 317. The minimum Gasteiger partial charge on any atom is -0.465 e. The lowest BCUT2D eigenvalue weighted by Crippen LogP contribution is -2.24. The van der Waals surface area contributed by atoms with E-state index in [0.717, 1.165) is 12.2 Å². The summed E-state index contributed by atoms with van der Waals surface area (Å²) in [6, 6.07) is 8.32. The molecule has 1 aromatic carbocycles. The topological polar surface area (TPSA) is 18.5 Å². The monoisotopic (exact) mass is 268 g/mol. The molecular weight excluding hydrogens is 236 g/mol. The summed E-state index contributed by atoms with van der Waals surface area (Å²) in [5, 5.41) is 0. The molecule has 0 aliphatic rings. The number of hydrogen-bond acceptors (Lipinski definition) is 2. The van der Waals surface area contributed by atoms with Gasteiger partial charge in [0.15, 0.2) is 0 Å². The second-order valence-electron chi connectivity index (χ2n) is 4.84. The van der Waals surface area contributed by atoms with E-state index < -0.39 is 0 Å². The van der Waals surface area contributed by atoms with Crippen molar-refractivity contribution in [1.82, 2.24) is 0 Å². The molecule has 2 heteroatoms. The third kappa shape index (κ3) is 6.11.